The number of primary amides is 2. The summed E-state index contributed by atoms with van der Waals surface area (Å²) in [6, 6.07) is -5.16. The average Bonchev–Trinajstić information content (AvgIpc) is 3.38. The number of hydrogen-bond acceptors (Lipinski definition) is 9. The van der Waals surface area contributed by atoms with Crippen molar-refractivity contribution in [1.82, 2.24) is 25.9 Å². The Bertz CT molecular complexity index is 1060. The number of carbonyl (C=O) groups is 6. The van der Waals surface area contributed by atoms with Gasteiger partial charge in [0, 0.05) is 37.7 Å². The zero-order valence-electron chi connectivity index (χ0n) is 21.8. The van der Waals surface area contributed by atoms with Crippen molar-refractivity contribution in [2.24, 2.45) is 33.7 Å². The molecule has 222 valence electrons. The van der Waals surface area contributed by atoms with E-state index in [1.54, 1.807) is 0 Å². The van der Waals surface area contributed by atoms with E-state index in [0.717, 1.165) is 0 Å². The number of carbonyl (C=O) groups excluding carboxylic acids is 5. The lowest BCUT2D eigenvalue weighted by Gasteiger charge is -2.25. The van der Waals surface area contributed by atoms with E-state index >= 15 is 0 Å². The molecule has 0 aliphatic heterocycles. The van der Waals surface area contributed by atoms with Crippen molar-refractivity contribution in [3.8, 4) is 0 Å². The van der Waals surface area contributed by atoms with Crippen molar-refractivity contribution in [3.63, 3.8) is 0 Å². The summed E-state index contributed by atoms with van der Waals surface area (Å²) in [6.45, 7) is 0.125. The van der Waals surface area contributed by atoms with Crippen LogP contribution in [0.2, 0.25) is 0 Å². The van der Waals surface area contributed by atoms with Gasteiger partial charge in [0.15, 0.2) is 5.96 Å². The summed E-state index contributed by atoms with van der Waals surface area (Å²) < 4.78 is 0. The highest BCUT2D eigenvalue weighted by Gasteiger charge is 2.31. The fourth-order valence-electron chi connectivity index (χ4n) is 3.39. The molecular weight excluding hydrogens is 530 g/mol. The van der Waals surface area contributed by atoms with Gasteiger partial charge in [0.1, 0.15) is 18.1 Å². The van der Waals surface area contributed by atoms with Crippen LogP contribution < -0.4 is 44.6 Å². The first-order valence-corrected chi connectivity index (χ1v) is 12.3. The minimum Gasteiger partial charge on any atom is -0.480 e. The van der Waals surface area contributed by atoms with Crippen LogP contribution in [0.4, 0.5) is 0 Å². The van der Waals surface area contributed by atoms with Gasteiger partial charge in [-0.1, -0.05) is 0 Å². The summed E-state index contributed by atoms with van der Waals surface area (Å²) in [5.41, 5.74) is 27.0. The molecule has 40 heavy (non-hydrogen) atoms. The van der Waals surface area contributed by atoms with Gasteiger partial charge in [0.05, 0.1) is 12.4 Å². The first kappa shape index (κ1) is 33.3. The SMILES string of the molecule is NC(=O)CCC(N)C(=O)NC(Cc1cnc[nH]1)C(=O)NC(CCC(N)=O)C(=O)NC(CCCN=C(N)N)C(=O)O. The molecule has 0 spiro atoms. The Balaban J connectivity index is 3.04. The highest BCUT2D eigenvalue weighted by molar-refractivity contribution is 5.94. The predicted molar refractivity (Wildman–Crippen MR) is 140 cm³/mol. The molecule has 5 amide bonds. The lowest BCUT2D eigenvalue weighted by molar-refractivity contribution is -0.142. The zero-order chi connectivity index (χ0) is 30.2. The van der Waals surface area contributed by atoms with E-state index in [1.165, 1.54) is 12.5 Å². The van der Waals surface area contributed by atoms with Gasteiger partial charge in [-0.15, -0.1) is 0 Å². The maximum atomic E-state index is 13.2. The molecule has 1 aromatic heterocycles. The summed E-state index contributed by atoms with van der Waals surface area (Å²) in [5, 5.41) is 16.7. The van der Waals surface area contributed by atoms with Gasteiger partial charge in [-0.05, 0) is 25.7 Å². The van der Waals surface area contributed by atoms with Gasteiger partial charge >= 0.3 is 5.97 Å². The molecule has 0 saturated heterocycles. The lowest BCUT2D eigenvalue weighted by Crippen LogP contribution is -2.57. The third-order valence-electron chi connectivity index (χ3n) is 5.52. The molecule has 0 aliphatic carbocycles. The quantitative estimate of drug-likeness (QED) is 0.0430. The van der Waals surface area contributed by atoms with Crippen molar-refractivity contribution >= 4 is 41.5 Å². The minimum absolute atomic E-state index is 0.0317. The Morgan fingerprint density at radius 3 is 1.98 bits per heavy atom. The highest BCUT2D eigenvalue weighted by atomic mass is 16.4. The fourth-order valence-corrected chi connectivity index (χ4v) is 3.39. The van der Waals surface area contributed by atoms with Crippen molar-refractivity contribution in [2.75, 3.05) is 6.54 Å². The molecule has 1 heterocycles. The van der Waals surface area contributed by atoms with Gasteiger partial charge in [-0.2, -0.15) is 0 Å². The Morgan fingerprint density at radius 1 is 0.850 bits per heavy atom. The number of aromatic nitrogens is 2. The van der Waals surface area contributed by atoms with E-state index in [1.807, 2.05) is 0 Å². The summed E-state index contributed by atoms with van der Waals surface area (Å²) in [4.78, 5) is 83.3. The Kier molecular flexibility index (Phi) is 14.1. The summed E-state index contributed by atoms with van der Waals surface area (Å²) in [6.07, 6.45) is 2.08. The Hall–Kier alpha value is -4.74. The molecule has 18 nitrogen and oxygen atoms in total. The fraction of sp³-hybridized carbons (Fsp3) is 0.545. The standard InChI is InChI=1S/C22H37N11O7/c23-12(3-5-16(24)34)18(36)33-15(8-11-9-28-10-30-11)20(38)31-13(4-6-17(25)35)19(37)32-14(21(39)40)2-1-7-29-22(26)27/h9-10,12-15H,1-8,23H2,(H2,24,34)(H2,25,35)(H,28,30)(H,31,38)(H,32,37)(H,33,36)(H,39,40)(H4,26,27,29). The molecule has 1 aromatic rings. The smallest absolute Gasteiger partial charge is 0.326 e. The minimum atomic E-state index is -1.38. The van der Waals surface area contributed by atoms with E-state index in [2.05, 4.69) is 30.9 Å². The number of nitrogens with one attached hydrogen (secondary N) is 4. The number of amides is 5. The van der Waals surface area contributed by atoms with Crippen molar-refractivity contribution in [1.29, 1.82) is 0 Å². The van der Waals surface area contributed by atoms with Crippen molar-refractivity contribution in [3.05, 3.63) is 18.2 Å². The first-order valence-electron chi connectivity index (χ1n) is 12.3. The number of rotatable bonds is 19. The number of guanidine groups is 1. The molecule has 4 atom stereocenters. The molecular formula is C22H37N11O7. The molecule has 0 bridgehead atoms. The molecule has 0 saturated carbocycles. The van der Waals surface area contributed by atoms with Crippen LogP contribution in [0.25, 0.3) is 0 Å². The highest BCUT2D eigenvalue weighted by Crippen LogP contribution is 2.06. The largest absolute Gasteiger partial charge is 0.480 e. The third-order valence-corrected chi connectivity index (χ3v) is 5.52. The van der Waals surface area contributed by atoms with Gasteiger partial charge in [0.25, 0.3) is 0 Å². The second kappa shape index (κ2) is 17.0. The summed E-state index contributed by atoms with van der Waals surface area (Å²) >= 11 is 0. The lowest BCUT2D eigenvalue weighted by atomic mass is 10.1. The monoisotopic (exact) mass is 567 g/mol. The molecule has 0 fully saturated rings. The summed E-state index contributed by atoms with van der Waals surface area (Å²) in [7, 11) is 0. The molecule has 18 heteroatoms. The number of aromatic amines is 1. The predicted octanol–water partition coefficient (Wildman–Crippen LogP) is -4.60. The van der Waals surface area contributed by atoms with Crippen molar-refractivity contribution in [2.45, 2.75) is 69.1 Å². The van der Waals surface area contributed by atoms with Crippen LogP contribution in [-0.2, 0) is 35.2 Å². The third kappa shape index (κ3) is 13.2. The second-order valence-electron chi connectivity index (χ2n) is 8.87. The van der Waals surface area contributed by atoms with Gasteiger partial charge < -0.3 is 54.7 Å². The number of hydrogen-bond donors (Lipinski definition) is 10. The number of aliphatic carboxylic acids is 1. The molecule has 0 radical (unpaired) electrons. The van der Waals surface area contributed by atoms with E-state index in [-0.39, 0.29) is 57.5 Å². The number of nitrogens with zero attached hydrogens (tertiary/aromatic N) is 2. The van der Waals surface area contributed by atoms with E-state index < -0.39 is 59.7 Å². The topological polar surface area (TPSA) is 330 Å². The van der Waals surface area contributed by atoms with Crippen LogP contribution in [0.1, 0.15) is 44.2 Å². The Labute approximate surface area is 229 Å². The van der Waals surface area contributed by atoms with Gasteiger partial charge in [-0.3, -0.25) is 29.0 Å². The molecule has 15 N–H and O–H groups in total. The first-order chi connectivity index (χ1) is 18.8. The maximum Gasteiger partial charge on any atom is 0.326 e. The van der Waals surface area contributed by atoms with E-state index in [9.17, 15) is 33.9 Å². The zero-order valence-corrected chi connectivity index (χ0v) is 21.8. The number of carboxylic acids is 1. The number of imidazole rings is 1. The summed E-state index contributed by atoms with van der Waals surface area (Å²) in [5.74, 6) is -5.42. The molecule has 0 aromatic carbocycles. The number of nitrogens with two attached hydrogens (primary N) is 5. The second-order valence-corrected chi connectivity index (χ2v) is 8.87. The number of carboxylic acid groups (broad SMARTS) is 1. The van der Waals surface area contributed by atoms with Crippen molar-refractivity contribution < 1.29 is 33.9 Å². The van der Waals surface area contributed by atoms with Crippen LogP contribution in [0.15, 0.2) is 17.5 Å². The maximum absolute atomic E-state index is 13.2. The van der Waals surface area contributed by atoms with Crippen LogP contribution in [0.3, 0.4) is 0 Å². The molecule has 0 aliphatic rings. The average molecular weight is 568 g/mol. The van der Waals surface area contributed by atoms with E-state index in [4.69, 9.17) is 28.7 Å². The molecule has 4 unspecified atom stereocenters. The van der Waals surface area contributed by atoms with Gasteiger partial charge in [-0.25, -0.2) is 9.78 Å². The van der Waals surface area contributed by atoms with Gasteiger partial charge in [0.2, 0.25) is 29.5 Å². The number of aliphatic imine (C=N–C) groups is 1. The normalized spacial score (nSPS) is 13.6. The molecule has 1 rings (SSSR count). The Morgan fingerprint density at radius 2 is 1.43 bits per heavy atom. The van der Waals surface area contributed by atoms with Crippen LogP contribution >= 0.6 is 0 Å². The van der Waals surface area contributed by atoms with E-state index in [0.29, 0.717) is 5.69 Å². The van der Waals surface area contributed by atoms with Crippen LogP contribution in [0, 0.1) is 0 Å². The number of H-pyrrole nitrogens is 1. The van der Waals surface area contributed by atoms with Crippen LogP contribution in [-0.4, -0.2) is 87.3 Å². The van der Waals surface area contributed by atoms with Crippen LogP contribution in [0.5, 0.6) is 0 Å².